The number of rotatable bonds is 7. The van der Waals surface area contributed by atoms with E-state index in [4.69, 9.17) is 9.47 Å². The molecule has 1 N–H and O–H groups in total. The van der Waals surface area contributed by atoms with Crippen LogP contribution in [0.3, 0.4) is 0 Å². The lowest BCUT2D eigenvalue weighted by Crippen LogP contribution is -2.33. The van der Waals surface area contributed by atoms with Gasteiger partial charge in [0.05, 0.1) is 19.3 Å². The van der Waals surface area contributed by atoms with Gasteiger partial charge >= 0.3 is 11.9 Å². The summed E-state index contributed by atoms with van der Waals surface area (Å²) < 4.78 is 9.60. The Morgan fingerprint density at radius 1 is 1.06 bits per heavy atom. The van der Waals surface area contributed by atoms with E-state index in [1.807, 2.05) is 13.8 Å². The first kappa shape index (κ1) is 15.9. The monoisotopic (exact) mass is 246 g/mol. The van der Waals surface area contributed by atoms with Gasteiger partial charge in [-0.25, -0.2) is 0 Å². The molecule has 0 aliphatic heterocycles. The van der Waals surface area contributed by atoms with Crippen molar-refractivity contribution in [3.8, 4) is 0 Å². The van der Waals surface area contributed by atoms with Crippen molar-refractivity contribution in [1.29, 1.82) is 0 Å². The summed E-state index contributed by atoms with van der Waals surface area (Å²) in [6.45, 7) is 7.37. The molecule has 0 aromatic rings. The van der Waals surface area contributed by atoms with Gasteiger partial charge in [-0.15, -0.1) is 0 Å². The summed E-state index contributed by atoms with van der Waals surface area (Å²) in [5.74, 6) is -2.33. The standard InChI is InChI=1S/C12H22O5/c1-5-16-11(14)9(12(15)17-6-2)7-10(13)8(3)4/h8-10,13H,5-7H2,1-4H3. The highest BCUT2D eigenvalue weighted by Crippen LogP contribution is 2.16. The molecule has 0 aromatic carbocycles. The van der Waals surface area contributed by atoms with Gasteiger partial charge in [0, 0.05) is 0 Å². The molecular weight excluding hydrogens is 224 g/mol. The number of carbonyl (C=O) groups excluding carboxylic acids is 2. The molecule has 0 aliphatic rings. The largest absolute Gasteiger partial charge is 0.465 e. The van der Waals surface area contributed by atoms with E-state index in [-0.39, 0.29) is 25.6 Å². The third-order valence-electron chi connectivity index (χ3n) is 2.39. The van der Waals surface area contributed by atoms with Gasteiger partial charge in [-0.1, -0.05) is 13.8 Å². The number of esters is 2. The highest BCUT2D eigenvalue weighted by atomic mass is 16.6. The first-order valence-corrected chi connectivity index (χ1v) is 5.95. The summed E-state index contributed by atoms with van der Waals surface area (Å²) in [5.41, 5.74) is 0. The van der Waals surface area contributed by atoms with Crippen LogP contribution in [0.4, 0.5) is 0 Å². The lowest BCUT2D eigenvalue weighted by Gasteiger charge is -2.19. The molecule has 1 unspecified atom stereocenters. The third-order valence-corrected chi connectivity index (χ3v) is 2.39. The SMILES string of the molecule is CCOC(=O)C(CC(O)C(C)C)C(=O)OCC. The van der Waals surface area contributed by atoms with Gasteiger partial charge < -0.3 is 14.6 Å². The Kier molecular flexibility index (Phi) is 7.54. The first-order valence-electron chi connectivity index (χ1n) is 5.95. The highest BCUT2D eigenvalue weighted by molar-refractivity contribution is 5.94. The zero-order valence-corrected chi connectivity index (χ0v) is 10.9. The van der Waals surface area contributed by atoms with Crippen molar-refractivity contribution in [2.45, 2.75) is 40.2 Å². The number of aliphatic hydroxyl groups excluding tert-OH is 1. The molecule has 0 heterocycles. The van der Waals surface area contributed by atoms with Gasteiger partial charge in [0.1, 0.15) is 0 Å². The van der Waals surface area contributed by atoms with Gasteiger partial charge in [0.2, 0.25) is 0 Å². The van der Waals surface area contributed by atoms with Crippen LogP contribution in [0, 0.1) is 11.8 Å². The predicted molar refractivity (Wildman–Crippen MR) is 62.2 cm³/mol. The molecule has 0 saturated heterocycles. The third kappa shape index (κ3) is 5.68. The van der Waals surface area contributed by atoms with E-state index in [2.05, 4.69) is 0 Å². The van der Waals surface area contributed by atoms with E-state index < -0.39 is 24.0 Å². The highest BCUT2D eigenvalue weighted by Gasteiger charge is 2.32. The molecule has 1 atom stereocenters. The average Bonchev–Trinajstić information content (AvgIpc) is 2.25. The first-order chi connectivity index (χ1) is 7.93. The van der Waals surface area contributed by atoms with Crippen LogP contribution in [0.25, 0.3) is 0 Å². The Labute approximate surface area is 102 Å². The molecule has 0 fully saturated rings. The van der Waals surface area contributed by atoms with E-state index >= 15 is 0 Å². The lowest BCUT2D eigenvalue weighted by molar-refractivity contribution is -0.163. The molecule has 0 spiro atoms. The minimum absolute atomic E-state index is 0.0265. The summed E-state index contributed by atoms with van der Waals surface area (Å²) in [4.78, 5) is 23.2. The van der Waals surface area contributed by atoms with E-state index in [1.165, 1.54) is 0 Å². The lowest BCUT2D eigenvalue weighted by atomic mass is 9.95. The Morgan fingerprint density at radius 2 is 1.47 bits per heavy atom. The van der Waals surface area contributed by atoms with Gasteiger partial charge in [-0.2, -0.15) is 0 Å². The van der Waals surface area contributed by atoms with Gasteiger partial charge in [0.25, 0.3) is 0 Å². The summed E-state index contributed by atoms with van der Waals surface area (Å²) >= 11 is 0. The average molecular weight is 246 g/mol. The van der Waals surface area contributed by atoms with Crippen LogP contribution in [0.5, 0.6) is 0 Å². The molecule has 5 nitrogen and oxygen atoms in total. The zero-order chi connectivity index (χ0) is 13.4. The van der Waals surface area contributed by atoms with Crippen molar-refractivity contribution >= 4 is 11.9 Å². The number of carbonyl (C=O) groups is 2. The van der Waals surface area contributed by atoms with Crippen molar-refractivity contribution < 1.29 is 24.2 Å². The molecule has 5 heteroatoms. The van der Waals surface area contributed by atoms with E-state index in [1.54, 1.807) is 13.8 Å². The van der Waals surface area contributed by atoms with Crippen molar-refractivity contribution in [2.75, 3.05) is 13.2 Å². The molecule has 0 amide bonds. The van der Waals surface area contributed by atoms with Crippen molar-refractivity contribution in [2.24, 2.45) is 11.8 Å². The Hall–Kier alpha value is -1.10. The molecule has 100 valence electrons. The van der Waals surface area contributed by atoms with Crippen LogP contribution < -0.4 is 0 Å². The van der Waals surface area contributed by atoms with Crippen LogP contribution >= 0.6 is 0 Å². The second-order valence-electron chi connectivity index (χ2n) is 4.10. The van der Waals surface area contributed by atoms with Crippen LogP contribution in [-0.4, -0.2) is 36.4 Å². The van der Waals surface area contributed by atoms with Crippen LogP contribution in [0.1, 0.15) is 34.1 Å². The van der Waals surface area contributed by atoms with E-state index in [0.29, 0.717) is 0 Å². The van der Waals surface area contributed by atoms with Gasteiger partial charge in [0.15, 0.2) is 5.92 Å². The van der Waals surface area contributed by atoms with E-state index in [9.17, 15) is 14.7 Å². The fourth-order valence-electron chi connectivity index (χ4n) is 1.29. The zero-order valence-electron chi connectivity index (χ0n) is 10.9. The van der Waals surface area contributed by atoms with Crippen LogP contribution in [-0.2, 0) is 19.1 Å². The summed E-state index contributed by atoms with van der Waals surface area (Å²) in [6, 6.07) is 0. The maximum atomic E-state index is 11.6. The molecule has 17 heavy (non-hydrogen) atoms. The maximum Gasteiger partial charge on any atom is 0.320 e. The number of aliphatic hydroxyl groups is 1. The topological polar surface area (TPSA) is 72.8 Å². The quantitative estimate of drug-likeness (QED) is 0.538. The van der Waals surface area contributed by atoms with Crippen molar-refractivity contribution in [3.05, 3.63) is 0 Å². The minimum atomic E-state index is -1.03. The van der Waals surface area contributed by atoms with Gasteiger partial charge in [-0.05, 0) is 26.2 Å². The molecule has 0 bridgehead atoms. The van der Waals surface area contributed by atoms with Gasteiger partial charge in [-0.3, -0.25) is 9.59 Å². The molecule has 0 aromatic heterocycles. The molecule has 0 rings (SSSR count). The number of ether oxygens (including phenoxy) is 2. The van der Waals surface area contributed by atoms with Crippen molar-refractivity contribution in [3.63, 3.8) is 0 Å². The predicted octanol–water partition coefficient (Wildman–Crippen LogP) is 1.14. The fourth-order valence-corrected chi connectivity index (χ4v) is 1.29. The summed E-state index contributed by atoms with van der Waals surface area (Å²) in [5, 5.41) is 9.72. The normalized spacial score (nSPS) is 12.6. The molecule has 0 aliphatic carbocycles. The Morgan fingerprint density at radius 3 is 1.76 bits per heavy atom. The second kappa shape index (κ2) is 8.06. The summed E-state index contributed by atoms with van der Waals surface area (Å²) in [6.07, 6.45) is -0.691. The Balaban J connectivity index is 4.61. The van der Waals surface area contributed by atoms with Crippen molar-refractivity contribution in [1.82, 2.24) is 0 Å². The number of hydrogen-bond donors (Lipinski definition) is 1. The summed E-state index contributed by atoms with van der Waals surface area (Å²) in [7, 11) is 0. The molecular formula is C12H22O5. The fraction of sp³-hybridized carbons (Fsp3) is 0.833. The Bertz CT molecular complexity index is 231. The smallest absolute Gasteiger partial charge is 0.320 e. The molecule has 0 radical (unpaired) electrons. The number of hydrogen-bond acceptors (Lipinski definition) is 5. The maximum absolute atomic E-state index is 11.6. The van der Waals surface area contributed by atoms with Crippen LogP contribution in [0.2, 0.25) is 0 Å². The van der Waals surface area contributed by atoms with Crippen LogP contribution in [0.15, 0.2) is 0 Å². The minimum Gasteiger partial charge on any atom is -0.465 e. The molecule has 0 saturated carbocycles. The van der Waals surface area contributed by atoms with E-state index in [0.717, 1.165) is 0 Å². The second-order valence-corrected chi connectivity index (χ2v) is 4.10.